The molecule has 0 aliphatic rings. The van der Waals surface area contributed by atoms with Crippen molar-refractivity contribution >= 4 is 17.6 Å². The number of carboxylic acids is 1. The van der Waals surface area contributed by atoms with Gasteiger partial charge in [-0.1, -0.05) is 29.3 Å². The lowest BCUT2D eigenvalue weighted by atomic mass is 9.95. The fraction of sp³-hybridized carbons (Fsp3) is 0.278. The van der Waals surface area contributed by atoms with Crippen LogP contribution in [0.4, 0.5) is 0 Å². The van der Waals surface area contributed by atoms with Gasteiger partial charge in [0.2, 0.25) is 0 Å². The van der Waals surface area contributed by atoms with Gasteiger partial charge in [-0.05, 0) is 61.7 Å². The lowest BCUT2D eigenvalue weighted by Crippen LogP contribution is -2.30. The Morgan fingerprint density at radius 2 is 1.68 bits per heavy atom. The first kappa shape index (κ1) is 16.4. The number of halogens is 1. The standard InChI is InChI=1S/C18H19ClO3/c1-11-8-12(2)16(13(3)9-11)10-17(18(20)21)22-15-6-4-14(19)5-7-15/h4-9,17H,10H2,1-3H3,(H,20,21)/t17-/m0/s1. The van der Waals surface area contributed by atoms with E-state index < -0.39 is 12.1 Å². The summed E-state index contributed by atoms with van der Waals surface area (Å²) in [6.07, 6.45) is -0.600. The predicted molar refractivity (Wildman–Crippen MR) is 87.9 cm³/mol. The van der Waals surface area contributed by atoms with Crippen LogP contribution in [0.5, 0.6) is 5.75 Å². The summed E-state index contributed by atoms with van der Waals surface area (Å²) in [5.74, 6) is -0.478. The van der Waals surface area contributed by atoms with E-state index in [9.17, 15) is 9.90 Å². The molecule has 0 radical (unpaired) electrons. The Balaban J connectivity index is 2.23. The van der Waals surface area contributed by atoms with Gasteiger partial charge in [-0.25, -0.2) is 4.79 Å². The summed E-state index contributed by atoms with van der Waals surface area (Å²) in [7, 11) is 0. The second-order valence-electron chi connectivity index (χ2n) is 5.48. The van der Waals surface area contributed by atoms with Gasteiger partial charge >= 0.3 is 5.97 Å². The molecule has 0 amide bonds. The number of ether oxygens (including phenoxy) is 1. The first-order valence-corrected chi connectivity index (χ1v) is 7.46. The number of hydrogen-bond acceptors (Lipinski definition) is 2. The van der Waals surface area contributed by atoms with Crippen molar-refractivity contribution in [3.05, 3.63) is 63.7 Å². The van der Waals surface area contributed by atoms with Crippen LogP contribution in [0, 0.1) is 20.8 Å². The number of hydrogen-bond donors (Lipinski definition) is 1. The summed E-state index contributed by atoms with van der Waals surface area (Å²) in [4.78, 5) is 11.5. The SMILES string of the molecule is Cc1cc(C)c(C[C@H](Oc2ccc(Cl)cc2)C(=O)O)c(C)c1. The maximum atomic E-state index is 11.5. The fourth-order valence-corrected chi connectivity index (χ4v) is 2.70. The predicted octanol–water partition coefficient (Wildman–Crippen LogP) is 4.34. The summed E-state index contributed by atoms with van der Waals surface area (Å²) in [5.41, 5.74) is 4.36. The Kier molecular flexibility index (Phi) is 5.09. The van der Waals surface area contributed by atoms with Crippen molar-refractivity contribution in [1.82, 2.24) is 0 Å². The van der Waals surface area contributed by atoms with E-state index in [-0.39, 0.29) is 0 Å². The summed E-state index contributed by atoms with van der Waals surface area (Å²) < 4.78 is 5.62. The van der Waals surface area contributed by atoms with E-state index in [0.717, 1.165) is 16.7 Å². The zero-order valence-electron chi connectivity index (χ0n) is 12.9. The van der Waals surface area contributed by atoms with Crippen LogP contribution in [0.3, 0.4) is 0 Å². The Labute approximate surface area is 135 Å². The number of benzene rings is 2. The lowest BCUT2D eigenvalue weighted by Gasteiger charge is -2.18. The molecule has 2 aromatic rings. The van der Waals surface area contributed by atoms with Crippen molar-refractivity contribution in [2.24, 2.45) is 0 Å². The molecule has 4 heteroatoms. The molecule has 1 N–H and O–H groups in total. The second-order valence-corrected chi connectivity index (χ2v) is 5.92. The molecule has 3 nitrogen and oxygen atoms in total. The average Bonchev–Trinajstić information content (AvgIpc) is 2.43. The van der Waals surface area contributed by atoms with Crippen molar-refractivity contribution < 1.29 is 14.6 Å². The van der Waals surface area contributed by atoms with E-state index in [1.807, 2.05) is 20.8 Å². The topological polar surface area (TPSA) is 46.5 Å². The Hall–Kier alpha value is -2.00. The third-order valence-corrected chi connectivity index (χ3v) is 3.85. The smallest absolute Gasteiger partial charge is 0.345 e. The van der Waals surface area contributed by atoms with Gasteiger partial charge in [-0.2, -0.15) is 0 Å². The Bertz CT molecular complexity index is 654. The van der Waals surface area contributed by atoms with E-state index in [2.05, 4.69) is 12.1 Å². The number of carboxylic acid groups (broad SMARTS) is 1. The Morgan fingerprint density at radius 3 is 2.18 bits per heavy atom. The maximum absolute atomic E-state index is 11.5. The molecule has 22 heavy (non-hydrogen) atoms. The first-order chi connectivity index (χ1) is 10.4. The zero-order chi connectivity index (χ0) is 16.3. The zero-order valence-corrected chi connectivity index (χ0v) is 13.6. The number of aryl methyl sites for hydroxylation is 3. The molecule has 0 spiro atoms. The van der Waals surface area contributed by atoms with Crippen molar-refractivity contribution in [3.63, 3.8) is 0 Å². The highest BCUT2D eigenvalue weighted by Crippen LogP contribution is 2.22. The third kappa shape index (κ3) is 4.01. The normalized spacial score (nSPS) is 12.0. The monoisotopic (exact) mass is 318 g/mol. The number of rotatable bonds is 5. The molecule has 116 valence electrons. The second kappa shape index (κ2) is 6.84. The minimum atomic E-state index is -0.977. The van der Waals surface area contributed by atoms with Gasteiger partial charge in [0.25, 0.3) is 0 Å². The van der Waals surface area contributed by atoms with Gasteiger partial charge in [-0.3, -0.25) is 0 Å². The molecule has 2 aromatic carbocycles. The van der Waals surface area contributed by atoms with E-state index >= 15 is 0 Å². The molecular weight excluding hydrogens is 300 g/mol. The van der Waals surface area contributed by atoms with Crippen LogP contribution in [0.15, 0.2) is 36.4 Å². The average molecular weight is 319 g/mol. The van der Waals surface area contributed by atoms with Crippen LogP contribution < -0.4 is 4.74 Å². The van der Waals surface area contributed by atoms with Crippen molar-refractivity contribution in [2.45, 2.75) is 33.3 Å². The van der Waals surface area contributed by atoms with Gasteiger partial charge in [0.05, 0.1) is 0 Å². The quantitative estimate of drug-likeness (QED) is 0.892. The molecule has 0 heterocycles. The minimum absolute atomic E-state index is 0.329. The molecule has 0 aromatic heterocycles. The lowest BCUT2D eigenvalue weighted by molar-refractivity contribution is -0.145. The van der Waals surface area contributed by atoms with Crippen LogP contribution >= 0.6 is 11.6 Å². The van der Waals surface area contributed by atoms with Crippen LogP contribution in [-0.2, 0) is 11.2 Å². The van der Waals surface area contributed by atoms with Crippen LogP contribution in [0.1, 0.15) is 22.3 Å². The van der Waals surface area contributed by atoms with E-state index in [1.165, 1.54) is 5.56 Å². The van der Waals surface area contributed by atoms with Gasteiger partial charge in [0.1, 0.15) is 5.75 Å². The molecule has 2 rings (SSSR count). The molecule has 0 fully saturated rings. The molecule has 0 bridgehead atoms. The van der Waals surface area contributed by atoms with Gasteiger partial charge < -0.3 is 9.84 Å². The number of aliphatic carboxylic acids is 1. The highest BCUT2D eigenvalue weighted by atomic mass is 35.5. The summed E-state index contributed by atoms with van der Waals surface area (Å²) >= 11 is 5.83. The molecule has 1 atom stereocenters. The van der Waals surface area contributed by atoms with Crippen molar-refractivity contribution in [2.75, 3.05) is 0 Å². The summed E-state index contributed by atoms with van der Waals surface area (Å²) in [6, 6.07) is 10.8. The van der Waals surface area contributed by atoms with Gasteiger partial charge in [-0.15, -0.1) is 0 Å². The van der Waals surface area contributed by atoms with Crippen molar-refractivity contribution in [1.29, 1.82) is 0 Å². The maximum Gasteiger partial charge on any atom is 0.345 e. The van der Waals surface area contributed by atoms with Crippen LogP contribution in [0.2, 0.25) is 5.02 Å². The highest BCUT2D eigenvalue weighted by molar-refractivity contribution is 6.30. The molecular formula is C18H19ClO3. The summed E-state index contributed by atoms with van der Waals surface area (Å²) in [5, 5.41) is 10.0. The minimum Gasteiger partial charge on any atom is -0.478 e. The van der Waals surface area contributed by atoms with Crippen LogP contribution in [0.25, 0.3) is 0 Å². The largest absolute Gasteiger partial charge is 0.478 e. The van der Waals surface area contributed by atoms with E-state index in [0.29, 0.717) is 17.2 Å². The molecule has 0 saturated heterocycles. The highest BCUT2D eigenvalue weighted by Gasteiger charge is 2.22. The van der Waals surface area contributed by atoms with Crippen molar-refractivity contribution in [3.8, 4) is 5.75 Å². The van der Waals surface area contributed by atoms with E-state index in [4.69, 9.17) is 16.3 Å². The molecule has 0 saturated carbocycles. The number of carbonyl (C=O) groups is 1. The van der Waals surface area contributed by atoms with Gasteiger partial charge in [0, 0.05) is 11.4 Å². The third-order valence-electron chi connectivity index (χ3n) is 3.60. The first-order valence-electron chi connectivity index (χ1n) is 7.08. The van der Waals surface area contributed by atoms with E-state index in [1.54, 1.807) is 24.3 Å². The molecule has 0 aliphatic heterocycles. The Morgan fingerprint density at radius 1 is 1.14 bits per heavy atom. The summed E-state index contributed by atoms with van der Waals surface area (Å²) in [6.45, 7) is 6.02. The molecule has 0 unspecified atom stereocenters. The molecule has 0 aliphatic carbocycles. The fourth-order valence-electron chi connectivity index (χ4n) is 2.57. The van der Waals surface area contributed by atoms with Gasteiger partial charge in [0.15, 0.2) is 6.10 Å². The van der Waals surface area contributed by atoms with Crippen LogP contribution in [-0.4, -0.2) is 17.2 Å².